The largest absolute Gasteiger partial charge is 0.380 e. The van der Waals surface area contributed by atoms with Crippen molar-refractivity contribution in [2.45, 2.75) is 32.9 Å². The maximum Gasteiger partial charge on any atom is 0.315 e. The first-order chi connectivity index (χ1) is 15.9. The summed E-state index contributed by atoms with van der Waals surface area (Å²) in [5, 5.41) is 6.69. The summed E-state index contributed by atoms with van der Waals surface area (Å²) in [5.74, 6) is 0.659. The van der Waals surface area contributed by atoms with E-state index in [2.05, 4.69) is 26.0 Å². The van der Waals surface area contributed by atoms with Gasteiger partial charge in [0.15, 0.2) is 5.75 Å². The van der Waals surface area contributed by atoms with Crippen LogP contribution in [0.3, 0.4) is 0 Å². The number of aldehydes is 1. The van der Waals surface area contributed by atoms with Crippen LogP contribution in [0.15, 0.2) is 54.7 Å². The number of hydrogen-bond acceptors (Lipinski definition) is 6. The van der Waals surface area contributed by atoms with E-state index in [9.17, 15) is 9.59 Å². The fourth-order valence-electron chi connectivity index (χ4n) is 3.42. The van der Waals surface area contributed by atoms with Crippen molar-refractivity contribution < 1.29 is 14.4 Å². The number of pyridine rings is 1. The first-order valence-electron chi connectivity index (χ1n) is 10.9. The van der Waals surface area contributed by atoms with Crippen LogP contribution < -0.4 is 21.0 Å². The van der Waals surface area contributed by atoms with Gasteiger partial charge >= 0.3 is 6.03 Å². The number of amides is 2. The maximum absolute atomic E-state index is 11.1. The average molecular weight is 450 g/mol. The Morgan fingerprint density at radius 3 is 2.61 bits per heavy atom. The molecule has 0 radical (unpaired) electrons. The van der Waals surface area contributed by atoms with E-state index in [0.29, 0.717) is 17.4 Å². The molecule has 2 heterocycles. The predicted octanol–water partition coefficient (Wildman–Crippen LogP) is 3.77. The maximum atomic E-state index is 11.1. The van der Waals surface area contributed by atoms with E-state index in [1.54, 1.807) is 18.3 Å². The first-order valence-corrected chi connectivity index (χ1v) is 10.9. The topological polar surface area (TPSA) is 95.6 Å². The standard InChI is InChI=1S/C17H14N2O2.C8H17N3O/c1-12-10-13(11-20)7-8-15(12)19-21-16-6-2-4-14-5-3-9-18-17(14)16;1-6(2)9-8(12)10-7-4-11(3)5-7/h2-11,19H,1H3;6-7H,4-5H2,1-3H3,(H2,9,10,12). The van der Waals surface area contributed by atoms with E-state index in [4.69, 9.17) is 4.84 Å². The number of likely N-dealkylation sites (tertiary alicyclic amines) is 1. The lowest BCUT2D eigenvalue weighted by Crippen LogP contribution is -2.59. The SMILES string of the molecule is CC(C)NC(=O)NC1CN(C)C1.Cc1cc(C=O)ccc1NOc1cccc2cccnc12. The lowest BCUT2D eigenvalue weighted by Gasteiger charge is -2.36. The number of rotatable bonds is 6. The number of carbonyl (C=O) groups is 2. The van der Waals surface area contributed by atoms with Crippen molar-refractivity contribution in [2.24, 2.45) is 0 Å². The highest BCUT2D eigenvalue weighted by Gasteiger charge is 2.24. The van der Waals surface area contributed by atoms with E-state index >= 15 is 0 Å². The van der Waals surface area contributed by atoms with Gasteiger partial charge in [-0.1, -0.05) is 18.2 Å². The second-order valence-corrected chi connectivity index (χ2v) is 8.42. The molecule has 1 aliphatic heterocycles. The van der Waals surface area contributed by atoms with Gasteiger partial charge in [-0.05, 0) is 63.7 Å². The van der Waals surface area contributed by atoms with Crippen molar-refractivity contribution in [2.75, 3.05) is 25.6 Å². The van der Waals surface area contributed by atoms with E-state index in [0.717, 1.165) is 41.5 Å². The van der Waals surface area contributed by atoms with Crippen molar-refractivity contribution in [3.8, 4) is 5.75 Å². The molecule has 0 aliphatic carbocycles. The van der Waals surface area contributed by atoms with E-state index in [-0.39, 0.29) is 12.1 Å². The second-order valence-electron chi connectivity index (χ2n) is 8.42. The molecule has 0 unspecified atom stereocenters. The first kappa shape index (κ1) is 24.0. The molecule has 2 amide bonds. The van der Waals surface area contributed by atoms with Crippen molar-refractivity contribution in [1.82, 2.24) is 20.5 Å². The minimum absolute atomic E-state index is 0.0527. The Morgan fingerprint density at radius 2 is 1.94 bits per heavy atom. The molecule has 1 aromatic heterocycles. The Labute approximate surface area is 194 Å². The molecule has 8 heteroatoms. The molecule has 33 heavy (non-hydrogen) atoms. The number of para-hydroxylation sites is 1. The quantitative estimate of drug-likeness (QED) is 0.392. The van der Waals surface area contributed by atoms with E-state index in [1.807, 2.05) is 64.2 Å². The van der Waals surface area contributed by atoms with Gasteiger partial charge in [0.05, 0.1) is 11.7 Å². The molecular formula is C25H31N5O3. The fourth-order valence-corrected chi connectivity index (χ4v) is 3.42. The van der Waals surface area contributed by atoms with Crippen molar-refractivity contribution in [3.05, 3.63) is 65.9 Å². The number of nitrogens with one attached hydrogen (secondary N) is 3. The van der Waals surface area contributed by atoms with Crippen LogP contribution in [0.2, 0.25) is 0 Å². The fraction of sp³-hybridized carbons (Fsp3) is 0.320. The molecular weight excluding hydrogens is 418 g/mol. The molecule has 4 rings (SSSR count). The van der Waals surface area contributed by atoms with Crippen LogP contribution in [0.1, 0.15) is 29.8 Å². The highest BCUT2D eigenvalue weighted by Crippen LogP contribution is 2.24. The molecule has 1 saturated heterocycles. The van der Waals surface area contributed by atoms with Gasteiger partial charge in [-0.3, -0.25) is 9.78 Å². The van der Waals surface area contributed by atoms with Crippen LogP contribution in [-0.4, -0.2) is 54.4 Å². The van der Waals surface area contributed by atoms with Crippen molar-refractivity contribution in [1.29, 1.82) is 0 Å². The molecule has 3 aromatic rings. The molecule has 8 nitrogen and oxygen atoms in total. The zero-order chi connectivity index (χ0) is 23.8. The average Bonchev–Trinajstić information content (AvgIpc) is 2.77. The van der Waals surface area contributed by atoms with E-state index in [1.165, 1.54) is 0 Å². The minimum Gasteiger partial charge on any atom is -0.380 e. The third kappa shape index (κ3) is 6.92. The van der Waals surface area contributed by atoms with Crippen molar-refractivity contribution >= 4 is 28.9 Å². The summed E-state index contributed by atoms with van der Waals surface area (Å²) in [4.78, 5) is 34.0. The number of aromatic nitrogens is 1. The number of aryl methyl sites for hydroxylation is 1. The summed E-state index contributed by atoms with van der Waals surface area (Å²) in [6.45, 7) is 7.75. The molecule has 174 valence electrons. The minimum atomic E-state index is -0.0527. The number of carbonyl (C=O) groups excluding carboxylic acids is 2. The van der Waals surface area contributed by atoms with Crippen LogP contribution in [0.4, 0.5) is 10.5 Å². The van der Waals surface area contributed by atoms with Gasteiger partial charge in [0.25, 0.3) is 0 Å². The lowest BCUT2D eigenvalue weighted by atomic mass is 10.1. The molecule has 0 saturated carbocycles. The Kier molecular flexibility index (Phi) is 8.21. The molecule has 0 atom stereocenters. The highest BCUT2D eigenvalue weighted by molar-refractivity contribution is 5.84. The predicted molar refractivity (Wildman–Crippen MR) is 131 cm³/mol. The molecule has 1 fully saturated rings. The number of nitrogens with zero attached hydrogens (tertiary/aromatic N) is 2. The van der Waals surface area contributed by atoms with Gasteiger partial charge in [-0.15, -0.1) is 0 Å². The third-order valence-corrected chi connectivity index (χ3v) is 5.07. The summed E-state index contributed by atoms with van der Waals surface area (Å²) < 4.78 is 0. The summed E-state index contributed by atoms with van der Waals surface area (Å²) in [7, 11) is 2.04. The Bertz CT molecular complexity index is 1090. The van der Waals surface area contributed by atoms with Crippen LogP contribution in [-0.2, 0) is 0 Å². The number of benzene rings is 2. The molecule has 2 aromatic carbocycles. The number of hydrogen-bond donors (Lipinski definition) is 3. The van der Waals surface area contributed by atoms with Gasteiger partial charge in [0.1, 0.15) is 11.8 Å². The van der Waals surface area contributed by atoms with Crippen LogP contribution in [0.5, 0.6) is 5.75 Å². The monoisotopic (exact) mass is 449 g/mol. The lowest BCUT2D eigenvalue weighted by molar-refractivity contribution is 0.112. The number of urea groups is 1. The van der Waals surface area contributed by atoms with Crippen LogP contribution >= 0.6 is 0 Å². The molecule has 0 bridgehead atoms. The van der Waals surface area contributed by atoms with Gasteiger partial charge in [0, 0.05) is 36.3 Å². The number of anilines is 1. The Balaban J connectivity index is 0.000000218. The summed E-state index contributed by atoms with van der Waals surface area (Å²) >= 11 is 0. The number of fused-ring (bicyclic) bond motifs is 1. The normalized spacial score (nSPS) is 13.5. The van der Waals surface area contributed by atoms with Crippen molar-refractivity contribution in [3.63, 3.8) is 0 Å². The molecule has 0 spiro atoms. The smallest absolute Gasteiger partial charge is 0.315 e. The zero-order valence-corrected chi connectivity index (χ0v) is 19.5. The summed E-state index contributed by atoms with van der Waals surface area (Å²) in [6.07, 6.45) is 2.56. The van der Waals surface area contributed by atoms with Gasteiger partial charge in [-0.2, -0.15) is 0 Å². The van der Waals surface area contributed by atoms with E-state index < -0.39 is 0 Å². The molecule has 1 aliphatic rings. The number of likely N-dealkylation sites (N-methyl/N-ethyl adjacent to an activating group) is 1. The summed E-state index contributed by atoms with van der Waals surface area (Å²) in [5.41, 5.74) is 6.11. The zero-order valence-electron chi connectivity index (χ0n) is 19.5. The summed E-state index contributed by atoms with van der Waals surface area (Å²) in [6, 6.07) is 15.5. The molecule has 3 N–H and O–H groups in total. The second kappa shape index (κ2) is 11.3. The Hall–Kier alpha value is -3.65. The van der Waals surface area contributed by atoms with Gasteiger partial charge in [0.2, 0.25) is 0 Å². The highest BCUT2D eigenvalue weighted by atomic mass is 16.6. The van der Waals surface area contributed by atoms with Gasteiger partial charge in [-0.25, -0.2) is 10.3 Å². The van der Waals surface area contributed by atoms with Crippen LogP contribution in [0, 0.1) is 6.92 Å². The van der Waals surface area contributed by atoms with Gasteiger partial charge < -0.3 is 20.4 Å². The van der Waals surface area contributed by atoms with Crippen LogP contribution in [0.25, 0.3) is 10.9 Å². The third-order valence-electron chi connectivity index (χ3n) is 5.07. The Morgan fingerprint density at radius 1 is 1.18 bits per heavy atom.